The van der Waals surface area contributed by atoms with Gasteiger partial charge in [-0.05, 0) is 0 Å². The number of ether oxygens (including phenoxy) is 2. The molecule has 2 aliphatic rings. The zero-order chi connectivity index (χ0) is 27.8. The lowest BCUT2D eigenvalue weighted by Gasteiger charge is -2.20. The molecular formula is C22H23FN6O8S. The molecule has 0 aliphatic carbocycles. The maximum Gasteiger partial charge on any atom is 0.413 e. The van der Waals surface area contributed by atoms with Crippen LogP contribution in [0, 0.1) is 0 Å². The molecule has 38 heavy (non-hydrogen) atoms. The number of hydrazine groups is 1. The average molecular weight is 551 g/mol. The topological polar surface area (TPSA) is 169 Å². The highest BCUT2D eigenvalue weighted by Crippen LogP contribution is 2.31. The zero-order valence-corrected chi connectivity index (χ0v) is 20.9. The second-order valence-corrected chi connectivity index (χ2v) is 8.32. The first-order valence-corrected chi connectivity index (χ1v) is 11.7. The zero-order valence-electron chi connectivity index (χ0n) is 20.1. The maximum atomic E-state index is 13.1. The number of thiazole rings is 1. The summed E-state index contributed by atoms with van der Waals surface area (Å²) in [6.45, 7) is 4.91. The van der Waals surface area contributed by atoms with Crippen molar-refractivity contribution in [1.29, 1.82) is 0 Å². The van der Waals surface area contributed by atoms with Crippen LogP contribution in [0.15, 0.2) is 47.1 Å². The fourth-order valence-electron chi connectivity index (χ4n) is 3.47. The normalized spacial score (nSPS) is 17.1. The van der Waals surface area contributed by atoms with Crippen molar-refractivity contribution in [2.24, 2.45) is 5.16 Å². The van der Waals surface area contributed by atoms with Crippen LogP contribution in [0.5, 0.6) is 0 Å². The number of ketones is 1. The van der Waals surface area contributed by atoms with Gasteiger partial charge in [0.25, 0.3) is 11.8 Å². The van der Waals surface area contributed by atoms with Crippen LogP contribution in [-0.2, 0) is 33.5 Å². The highest BCUT2D eigenvalue weighted by Gasteiger charge is 2.49. The molecule has 2 N–H and O–H groups in total. The molecule has 3 heterocycles. The molecule has 14 nitrogen and oxygen atoms in total. The van der Waals surface area contributed by atoms with Crippen LogP contribution >= 0.6 is 11.3 Å². The van der Waals surface area contributed by atoms with Crippen LogP contribution in [0.2, 0.25) is 0 Å². The molecule has 0 spiro atoms. The number of rotatable bonds is 12. The molecule has 1 atom stereocenters. The molecular weight excluding hydrogens is 527 g/mol. The molecule has 1 unspecified atom stereocenters. The Kier molecular flexibility index (Phi) is 9.39. The SMILES string of the molecule is C=CCOC(=O)Nc1nc(/C(=N/OC)C(=O)NC2CN3CC(C(=O)CF)=C(C(=O)OCC=C)N3C2=O)cs1. The summed E-state index contributed by atoms with van der Waals surface area (Å²) < 4.78 is 22.9. The number of carbonyl (C=O) groups excluding carboxylic acids is 5. The molecule has 2 aliphatic heterocycles. The Morgan fingerprint density at radius 3 is 2.63 bits per heavy atom. The first-order chi connectivity index (χ1) is 18.2. The third-order valence-electron chi connectivity index (χ3n) is 5.00. The van der Waals surface area contributed by atoms with Gasteiger partial charge in [0.15, 0.2) is 29.0 Å². The number of hydrogen-bond acceptors (Lipinski definition) is 12. The minimum Gasteiger partial charge on any atom is -0.457 e. The van der Waals surface area contributed by atoms with E-state index in [-0.39, 0.29) is 48.4 Å². The molecule has 1 aromatic heterocycles. The van der Waals surface area contributed by atoms with Crippen molar-refractivity contribution in [2.75, 3.05) is 45.4 Å². The molecule has 1 fully saturated rings. The van der Waals surface area contributed by atoms with Gasteiger partial charge in [-0.15, -0.1) is 11.3 Å². The van der Waals surface area contributed by atoms with E-state index in [1.165, 1.54) is 29.7 Å². The van der Waals surface area contributed by atoms with Crippen molar-refractivity contribution < 1.29 is 42.7 Å². The number of aromatic nitrogens is 1. The van der Waals surface area contributed by atoms with Gasteiger partial charge >= 0.3 is 12.1 Å². The number of oxime groups is 1. The van der Waals surface area contributed by atoms with E-state index >= 15 is 0 Å². The highest BCUT2D eigenvalue weighted by atomic mass is 32.1. The van der Waals surface area contributed by atoms with E-state index < -0.39 is 48.1 Å². The third kappa shape index (κ3) is 6.09. The quantitative estimate of drug-likeness (QED) is 0.160. The molecule has 0 bridgehead atoms. The number of alkyl halides is 1. The first-order valence-electron chi connectivity index (χ1n) is 10.9. The van der Waals surface area contributed by atoms with Crippen LogP contribution in [0.4, 0.5) is 14.3 Å². The average Bonchev–Trinajstić information content (AvgIpc) is 3.59. The molecule has 3 amide bonds. The Balaban J connectivity index is 1.76. The third-order valence-corrected chi connectivity index (χ3v) is 5.75. The number of Topliss-reactive ketones (excluding diaryl/α,β-unsaturated/α-hetero) is 1. The fraction of sp³-hybridized carbons (Fsp3) is 0.318. The maximum absolute atomic E-state index is 13.1. The summed E-state index contributed by atoms with van der Waals surface area (Å²) in [5.74, 6) is -3.58. The number of amides is 3. The Morgan fingerprint density at radius 1 is 1.26 bits per heavy atom. The summed E-state index contributed by atoms with van der Waals surface area (Å²) in [5.41, 5.74) is -0.902. The van der Waals surface area contributed by atoms with Crippen molar-refractivity contribution in [3.63, 3.8) is 0 Å². The van der Waals surface area contributed by atoms with Crippen molar-refractivity contribution in [2.45, 2.75) is 6.04 Å². The van der Waals surface area contributed by atoms with Crippen molar-refractivity contribution in [3.05, 3.63) is 47.7 Å². The van der Waals surface area contributed by atoms with Crippen molar-refractivity contribution in [3.8, 4) is 0 Å². The van der Waals surface area contributed by atoms with Crippen LogP contribution < -0.4 is 10.6 Å². The van der Waals surface area contributed by atoms with Gasteiger partial charge in [-0.25, -0.2) is 29.0 Å². The molecule has 16 heteroatoms. The second kappa shape index (κ2) is 12.7. The summed E-state index contributed by atoms with van der Waals surface area (Å²) in [7, 11) is 1.20. The first kappa shape index (κ1) is 28.1. The number of carbonyl (C=O) groups is 5. The molecule has 1 aromatic rings. The number of halogens is 1. The summed E-state index contributed by atoms with van der Waals surface area (Å²) in [6, 6.07) is -1.17. The van der Waals surface area contributed by atoms with Gasteiger partial charge in [-0.2, -0.15) is 0 Å². The number of anilines is 1. The van der Waals surface area contributed by atoms with Gasteiger partial charge in [0.2, 0.25) is 0 Å². The van der Waals surface area contributed by atoms with E-state index in [2.05, 4.69) is 33.9 Å². The van der Waals surface area contributed by atoms with Gasteiger partial charge in [-0.1, -0.05) is 30.5 Å². The Hall–Kier alpha value is -4.44. The van der Waals surface area contributed by atoms with Gasteiger partial charge in [0.05, 0.1) is 0 Å². The lowest BCUT2D eigenvalue weighted by Crippen LogP contribution is -2.46. The van der Waals surface area contributed by atoms with Crippen LogP contribution in [0.1, 0.15) is 5.69 Å². The summed E-state index contributed by atoms with van der Waals surface area (Å²) in [5, 5.41) is 12.3. The van der Waals surface area contributed by atoms with Gasteiger partial charge in [0, 0.05) is 24.0 Å². The predicted octanol–water partition coefficient (Wildman–Crippen LogP) is 0.308. The van der Waals surface area contributed by atoms with Gasteiger partial charge in [-0.3, -0.25) is 19.7 Å². The van der Waals surface area contributed by atoms with Crippen molar-refractivity contribution in [1.82, 2.24) is 20.3 Å². The predicted molar refractivity (Wildman–Crippen MR) is 130 cm³/mol. The summed E-state index contributed by atoms with van der Waals surface area (Å²) >= 11 is 0.979. The van der Waals surface area contributed by atoms with E-state index in [1.807, 2.05) is 0 Å². The Morgan fingerprint density at radius 2 is 1.97 bits per heavy atom. The number of esters is 1. The Bertz CT molecular complexity index is 1230. The standard InChI is InChI=1S/C22H23FN6O8S/c1-4-6-36-20(33)17-12(15(30)8-23)9-28-10-13(19(32)29(17)28)24-18(31)16(27-35-3)14-11-38-21(25-14)26-22(34)37-7-5-2/h4-5,11,13H,1-2,6-10H2,3H3,(H,24,31)(H,25,26,34)/b27-16-. The number of fused-ring (bicyclic) bond motifs is 1. The Labute approximate surface area is 219 Å². The molecule has 202 valence electrons. The second-order valence-electron chi connectivity index (χ2n) is 7.47. The van der Waals surface area contributed by atoms with Crippen LogP contribution in [0.25, 0.3) is 0 Å². The minimum atomic E-state index is -1.36. The largest absolute Gasteiger partial charge is 0.457 e. The molecule has 1 saturated heterocycles. The lowest BCUT2D eigenvalue weighted by molar-refractivity contribution is -0.146. The van der Waals surface area contributed by atoms with E-state index in [4.69, 9.17) is 14.3 Å². The molecule has 0 radical (unpaired) electrons. The summed E-state index contributed by atoms with van der Waals surface area (Å²) in [4.78, 5) is 71.4. The number of hydrogen-bond donors (Lipinski definition) is 2. The van der Waals surface area contributed by atoms with Crippen LogP contribution in [-0.4, -0.2) is 96.5 Å². The molecule has 3 rings (SSSR count). The number of nitrogens with one attached hydrogen (secondary N) is 2. The van der Waals surface area contributed by atoms with E-state index in [0.29, 0.717) is 0 Å². The van der Waals surface area contributed by atoms with Gasteiger partial charge in [0.1, 0.15) is 32.1 Å². The van der Waals surface area contributed by atoms with E-state index in [9.17, 15) is 28.4 Å². The molecule has 0 saturated carbocycles. The van der Waals surface area contributed by atoms with E-state index in [1.54, 1.807) is 0 Å². The minimum absolute atomic E-state index is 0.0153. The van der Waals surface area contributed by atoms with Crippen LogP contribution in [0.3, 0.4) is 0 Å². The fourth-order valence-corrected chi connectivity index (χ4v) is 4.15. The van der Waals surface area contributed by atoms with Crippen molar-refractivity contribution >= 4 is 51.8 Å². The lowest BCUT2D eigenvalue weighted by atomic mass is 10.1. The van der Waals surface area contributed by atoms with Gasteiger partial charge < -0.3 is 19.6 Å². The molecule has 0 aromatic carbocycles. The van der Waals surface area contributed by atoms with E-state index in [0.717, 1.165) is 16.3 Å². The monoisotopic (exact) mass is 550 g/mol. The highest BCUT2D eigenvalue weighted by molar-refractivity contribution is 7.14. The summed E-state index contributed by atoms with van der Waals surface area (Å²) in [6.07, 6.45) is 1.89. The number of nitrogens with zero attached hydrogens (tertiary/aromatic N) is 4. The smallest absolute Gasteiger partial charge is 0.413 e.